The fraction of sp³-hybridized carbons (Fsp3) is 0.600. The molecule has 27 heavy (non-hydrogen) atoms. The molecular formula is C10H20N4NaO11V-5. The van der Waals surface area contributed by atoms with Crippen LogP contribution in [0.1, 0.15) is 25.7 Å². The SMILES string of the molecule is NC(CCC(=O)NO)C(=O)O.NC(CCC(=O)NO)C(=O)O.[Na+].[O-2].[O-2].[O-2].[V]. The first-order valence-electron chi connectivity index (χ1n) is 5.98. The Morgan fingerprint density at radius 1 is 0.741 bits per heavy atom. The van der Waals surface area contributed by atoms with Crippen LogP contribution in [0.25, 0.3) is 0 Å². The first kappa shape index (κ1) is 45.1. The topological polar surface area (TPSA) is 311 Å². The number of hydroxylamine groups is 2. The van der Waals surface area contributed by atoms with Crippen molar-refractivity contribution in [3.05, 3.63) is 0 Å². The van der Waals surface area contributed by atoms with E-state index in [1.165, 1.54) is 11.0 Å². The van der Waals surface area contributed by atoms with Gasteiger partial charge in [-0.2, -0.15) is 0 Å². The second kappa shape index (κ2) is 27.4. The summed E-state index contributed by atoms with van der Waals surface area (Å²) >= 11 is 0. The minimum atomic E-state index is -1.16. The van der Waals surface area contributed by atoms with E-state index in [0.717, 1.165) is 0 Å². The summed E-state index contributed by atoms with van der Waals surface area (Å²) in [7, 11) is 0. The number of hydrogen-bond donors (Lipinski definition) is 8. The molecule has 17 heteroatoms. The zero-order valence-corrected chi connectivity index (χ0v) is 17.6. The molecule has 10 N–H and O–H groups in total. The molecule has 15 nitrogen and oxygen atoms in total. The van der Waals surface area contributed by atoms with Crippen LogP contribution in [0.5, 0.6) is 0 Å². The Labute approximate surface area is 187 Å². The Hall–Kier alpha value is -0.816. The van der Waals surface area contributed by atoms with E-state index in [1.807, 2.05) is 0 Å². The molecule has 2 amide bonds. The Balaban J connectivity index is -0.0000000500. The maximum atomic E-state index is 10.3. The molecule has 157 valence electrons. The molecule has 0 spiro atoms. The fourth-order valence-electron chi connectivity index (χ4n) is 0.932. The van der Waals surface area contributed by atoms with Crippen molar-refractivity contribution in [1.29, 1.82) is 0 Å². The summed E-state index contributed by atoms with van der Waals surface area (Å²) in [6, 6.07) is -2.10. The minimum absolute atomic E-state index is 0. The van der Waals surface area contributed by atoms with Crippen molar-refractivity contribution >= 4 is 23.8 Å². The van der Waals surface area contributed by atoms with E-state index in [2.05, 4.69) is 0 Å². The van der Waals surface area contributed by atoms with Crippen LogP contribution >= 0.6 is 0 Å². The molecule has 0 aliphatic carbocycles. The van der Waals surface area contributed by atoms with Crippen LogP contribution in [0, 0.1) is 0 Å². The van der Waals surface area contributed by atoms with Gasteiger partial charge in [0, 0.05) is 31.4 Å². The zero-order chi connectivity index (χ0) is 17.7. The number of carbonyl (C=O) groups is 4. The predicted octanol–water partition coefficient (Wildman–Crippen LogP) is -5.99. The van der Waals surface area contributed by atoms with E-state index >= 15 is 0 Å². The van der Waals surface area contributed by atoms with Crippen molar-refractivity contribution in [2.75, 3.05) is 0 Å². The third-order valence-electron chi connectivity index (χ3n) is 2.25. The van der Waals surface area contributed by atoms with Crippen LogP contribution in [0.3, 0.4) is 0 Å². The molecule has 0 aromatic carbocycles. The Morgan fingerprint density at radius 2 is 0.963 bits per heavy atom. The van der Waals surface area contributed by atoms with E-state index in [0.29, 0.717) is 0 Å². The van der Waals surface area contributed by atoms with Crippen LogP contribution in [0.4, 0.5) is 0 Å². The van der Waals surface area contributed by atoms with Gasteiger partial charge in [0.1, 0.15) is 12.1 Å². The summed E-state index contributed by atoms with van der Waals surface area (Å²) in [6.45, 7) is 0. The van der Waals surface area contributed by atoms with Crippen molar-refractivity contribution in [1.82, 2.24) is 11.0 Å². The van der Waals surface area contributed by atoms with Crippen LogP contribution in [-0.2, 0) is 54.2 Å². The molecule has 0 aromatic rings. The molecule has 2 unspecified atom stereocenters. The monoisotopic (exact) mass is 446 g/mol. The van der Waals surface area contributed by atoms with Gasteiger partial charge in [0.25, 0.3) is 0 Å². The van der Waals surface area contributed by atoms with Crippen LogP contribution in [0.2, 0.25) is 0 Å². The number of nitrogens with one attached hydrogen (secondary N) is 2. The maximum absolute atomic E-state index is 10.3. The molecule has 2 atom stereocenters. The van der Waals surface area contributed by atoms with E-state index in [-0.39, 0.29) is 90.2 Å². The largest absolute Gasteiger partial charge is 2.00 e. The standard InChI is InChI=1S/2C5H10N2O4.Na.3O.V/c2*6-3(5(9)10)1-2-4(8)7-11;;;;;/h2*3,11H,1-2,6H2,(H,7,8)(H,9,10);;;;;/q;;+1;3*-2;. The van der Waals surface area contributed by atoms with E-state index in [1.54, 1.807) is 0 Å². The second-order valence-electron chi connectivity index (χ2n) is 4.04. The van der Waals surface area contributed by atoms with Gasteiger partial charge in [-0.05, 0) is 12.8 Å². The van der Waals surface area contributed by atoms with E-state index in [9.17, 15) is 19.2 Å². The van der Waals surface area contributed by atoms with Gasteiger partial charge >= 0.3 is 41.5 Å². The molecule has 1 radical (unpaired) electrons. The number of nitrogens with two attached hydrogens (primary N) is 2. The average Bonchev–Trinajstić information content (AvgIpc) is 2.49. The molecular weight excluding hydrogens is 426 g/mol. The minimum Gasteiger partial charge on any atom is -2.00 e. The van der Waals surface area contributed by atoms with Crippen molar-refractivity contribution in [3.63, 3.8) is 0 Å². The van der Waals surface area contributed by atoms with E-state index < -0.39 is 35.8 Å². The van der Waals surface area contributed by atoms with E-state index in [4.69, 9.17) is 32.1 Å². The normalized spacial score (nSPS) is 9.93. The van der Waals surface area contributed by atoms with Gasteiger partial charge in [0.2, 0.25) is 11.8 Å². The number of rotatable bonds is 8. The summed E-state index contributed by atoms with van der Waals surface area (Å²) < 4.78 is 0. The molecule has 0 saturated carbocycles. The van der Waals surface area contributed by atoms with Crippen molar-refractivity contribution in [2.45, 2.75) is 37.8 Å². The van der Waals surface area contributed by atoms with Crippen molar-refractivity contribution < 1.29 is 104 Å². The number of carboxylic acid groups (broad SMARTS) is 2. The maximum Gasteiger partial charge on any atom is 1.00 e. The van der Waals surface area contributed by atoms with Gasteiger partial charge in [0.15, 0.2) is 0 Å². The molecule has 0 rings (SSSR count). The molecule has 0 aliphatic rings. The number of carbonyl (C=O) groups excluding carboxylic acids is 2. The van der Waals surface area contributed by atoms with Gasteiger partial charge in [-0.25, -0.2) is 11.0 Å². The average molecular weight is 446 g/mol. The summed E-state index contributed by atoms with van der Waals surface area (Å²) in [5.41, 5.74) is 12.9. The summed E-state index contributed by atoms with van der Waals surface area (Å²) in [4.78, 5) is 40.8. The van der Waals surface area contributed by atoms with Gasteiger partial charge < -0.3 is 38.1 Å². The Kier molecular flexibility index (Phi) is 45.8. The third kappa shape index (κ3) is 30.2. The van der Waals surface area contributed by atoms with Gasteiger partial charge in [0.05, 0.1) is 0 Å². The predicted molar refractivity (Wildman–Crippen MR) is 71.6 cm³/mol. The number of carboxylic acids is 2. The summed E-state index contributed by atoms with van der Waals surface area (Å²) in [5.74, 6) is -3.59. The summed E-state index contributed by atoms with van der Waals surface area (Å²) in [6.07, 6.45) is -0.155. The summed E-state index contributed by atoms with van der Waals surface area (Å²) in [5, 5.41) is 32.5. The number of amides is 2. The van der Waals surface area contributed by atoms with Gasteiger partial charge in [-0.1, -0.05) is 0 Å². The van der Waals surface area contributed by atoms with Crippen LogP contribution in [0.15, 0.2) is 0 Å². The van der Waals surface area contributed by atoms with Gasteiger partial charge in [-0.15, -0.1) is 0 Å². The molecule has 0 aliphatic heterocycles. The van der Waals surface area contributed by atoms with Gasteiger partial charge in [-0.3, -0.25) is 29.6 Å². The molecule has 0 fully saturated rings. The fourth-order valence-corrected chi connectivity index (χ4v) is 0.932. The van der Waals surface area contributed by atoms with Crippen LogP contribution < -0.4 is 52.0 Å². The number of aliphatic carboxylic acids is 2. The number of hydrogen-bond acceptors (Lipinski definition) is 8. The third-order valence-corrected chi connectivity index (χ3v) is 2.25. The Morgan fingerprint density at radius 3 is 1.11 bits per heavy atom. The smallest absolute Gasteiger partial charge is 1.00 e. The molecule has 0 saturated heterocycles. The second-order valence-corrected chi connectivity index (χ2v) is 4.04. The zero-order valence-electron chi connectivity index (χ0n) is 14.2. The molecule has 0 heterocycles. The van der Waals surface area contributed by atoms with Crippen molar-refractivity contribution in [2.24, 2.45) is 11.5 Å². The quantitative estimate of drug-likeness (QED) is 0.0990. The molecule has 0 aromatic heterocycles. The van der Waals surface area contributed by atoms with Crippen LogP contribution in [-0.4, -0.2) is 56.5 Å². The first-order valence-corrected chi connectivity index (χ1v) is 5.98. The van der Waals surface area contributed by atoms with Crippen molar-refractivity contribution in [3.8, 4) is 0 Å². The first-order chi connectivity index (χ1) is 10.1. The Bertz CT molecular complexity index is 369. The molecule has 0 bridgehead atoms.